The van der Waals surface area contributed by atoms with Gasteiger partial charge in [0.25, 0.3) is 0 Å². The van der Waals surface area contributed by atoms with Crippen molar-refractivity contribution in [3.8, 4) is 0 Å². The number of anilines is 1. The first-order valence-electron chi connectivity index (χ1n) is 6.15. The molecule has 0 radical (unpaired) electrons. The van der Waals surface area contributed by atoms with E-state index in [2.05, 4.69) is 21.1 Å². The first kappa shape index (κ1) is 10.7. The maximum absolute atomic E-state index is 6.14. The van der Waals surface area contributed by atoms with Crippen LogP contribution in [0.25, 0.3) is 0 Å². The highest BCUT2D eigenvalue weighted by atomic mass is 15.2. The minimum atomic E-state index is 0.277. The highest BCUT2D eigenvalue weighted by molar-refractivity contribution is 5.45. The summed E-state index contributed by atoms with van der Waals surface area (Å²) in [5, 5.41) is 0. The second-order valence-corrected chi connectivity index (χ2v) is 5.13. The van der Waals surface area contributed by atoms with E-state index in [1.807, 2.05) is 20.0 Å². The SMILES string of the molecule is Cc1cc(N(C)/C=C2\C3CCC3[C@H]2N)ncn1. The Labute approximate surface area is 102 Å². The molecule has 2 aliphatic rings. The molecular weight excluding hydrogens is 212 g/mol. The van der Waals surface area contributed by atoms with Crippen LogP contribution in [0.4, 0.5) is 5.82 Å². The second-order valence-electron chi connectivity index (χ2n) is 5.13. The molecule has 0 aromatic carbocycles. The highest BCUT2D eigenvalue weighted by Crippen LogP contribution is 2.53. The van der Waals surface area contributed by atoms with E-state index in [-0.39, 0.29) is 6.04 Å². The Bertz CT molecular complexity index is 460. The van der Waals surface area contributed by atoms with E-state index in [0.717, 1.165) is 23.3 Å². The normalized spacial score (nSPS) is 32.6. The van der Waals surface area contributed by atoms with Crippen LogP contribution in [0.2, 0.25) is 0 Å². The molecule has 0 saturated heterocycles. The molecule has 2 fully saturated rings. The molecule has 17 heavy (non-hydrogen) atoms. The van der Waals surface area contributed by atoms with Crippen molar-refractivity contribution < 1.29 is 0 Å². The van der Waals surface area contributed by atoms with Crippen LogP contribution in [0.15, 0.2) is 24.2 Å². The van der Waals surface area contributed by atoms with Crippen molar-refractivity contribution in [3.05, 3.63) is 29.9 Å². The molecule has 0 bridgehead atoms. The standard InChI is InChI=1S/C13H18N4/c1-8-5-12(16-7-15-8)17(2)6-11-9-3-4-10(9)13(11)14/h5-7,9-10,13H,3-4,14H2,1-2H3/b11-6+/t9?,10?,13-/m1/s1. The summed E-state index contributed by atoms with van der Waals surface area (Å²) in [5.41, 5.74) is 8.51. The Morgan fingerprint density at radius 1 is 1.41 bits per heavy atom. The molecule has 4 nitrogen and oxygen atoms in total. The third kappa shape index (κ3) is 1.63. The predicted molar refractivity (Wildman–Crippen MR) is 67.4 cm³/mol. The Morgan fingerprint density at radius 2 is 2.24 bits per heavy atom. The second kappa shape index (κ2) is 3.81. The fourth-order valence-corrected chi connectivity index (χ4v) is 2.85. The molecule has 2 aliphatic carbocycles. The van der Waals surface area contributed by atoms with Crippen molar-refractivity contribution in [1.29, 1.82) is 0 Å². The average Bonchev–Trinajstić information content (AvgIpc) is 2.27. The molecule has 1 aromatic rings. The van der Waals surface area contributed by atoms with E-state index in [4.69, 9.17) is 5.73 Å². The van der Waals surface area contributed by atoms with E-state index in [1.54, 1.807) is 6.33 Å². The van der Waals surface area contributed by atoms with Gasteiger partial charge in [0.2, 0.25) is 0 Å². The van der Waals surface area contributed by atoms with Crippen molar-refractivity contribution in [2.24, 2.45) is 17.6 Å². The van der Waals surface area contributed by atoms with Crippen molar-refractivity contribution in [2.45, 2.75) is 25.8 Å². The van der Waals surface area contributed by atoms with E-state index < -0.39 is 0 Å². The summed E-state index contributed by atoms with van der Waals surface area (Å²) in [6, 6.07) is 2.26. The lowest BCUT2D eigenvalue weighted by molar-refractivity contribution is 0.103. The Kier molecular flexibility index (Phi) is 2.40. The summed E-state index contributed by atoms with van der Waals surface area (Å²) >= 11 is 0. The van der Waals surface area contributed by atoms with Gasteiger partial charge in [0.05, 0.1) is 0 Å². The molecule has 0 spiro atoms. The quantitative estimate of drug-likeness (QED) is 0.836. The van der Waals surface area contributed by atoms with Crippen LogP contribution < -0.4 is 10.6 Å². The van der Waals surface area contributed by atoms with Crippen LogP contribution in [-0.2, 0) is 0 Å². The molecule has 3 rings (SSSR count). The maximum atomic E-state index is 6.14. The van der Waals surface area contributed by atoms with Gasteiger partial charge in [-0.25, -0.2) is 9.97 Å². The smallest absolute Gasteiger partial charge is 0.135 e. The molecule has 4 heteroatoms. The van der Waals surface area contributed by atoms with Crippen LogP contribution in [0.5, 0.6) is 0 Å². The molecule has 0 amide bonds. The Hall–Kier alpha value is -1.42. The zero-order valence-electron chi connectivity index (χ0n) is 10.3. The lowest BCUT2D eigenvalue weighted by Gasteiger charge is -2.54. The van der Waals surface area contributed by atoms with Gasteiger partial charge in [-0.05, 0) is 37.2 Å². The van der Waals surface area contributed by atoms with Gasteiger partial charge >= 0.3 is 0 Å². The zero-order valence-corrected chi connectivity index (χ0v) is 10.3. The summed E-state index contributed by atoms with van der Waals surface area (Å²) in [4.78, 5) is 10.4. The fraction of sp³-hybridized carbons (Fsp3) is 0.538. The summed E-state index contributed by atoms with van der Waals surface area (Å²) in [6.07, 6.45) is 6.37. The summed E-state index contributed by atoms with van der Waals surface area (Å²) in [7, 11) is 2.02. The van der Waals surface area contributed by atoms with Crippen LogP contribution in [-0.4, -0.2) is 23.1 Å². The Morgan fingerprint density at radius 3 is 2.82 bits per heavy atom. The van der Waals surface area contributed by atoms with Gasteiger partial charge < -0.3 is 10.6 Å². The first-order valence-corrected chi connectivity index (χ1v) is 6.15. The van der Waals surface area contributed by atoms with Crippen molar-refractivity contribution in [1.82, 2.24) is 9.97 Å². The third-order valence-corrected chi connectivity index (χ3v) is 4.10. The number of fused-ring (bicyclic) bond motifs is 1. The number of aromatic nitrogens is 2. The molecule has 1 aromatic heterocycles. The van der Waals surface area contributed by atoms with Crippen LogP contribution in [0.3, 0.4) is 0 Å². The van der Waals surface area contributed by atoms with E-state index in [0.29, 0.717) is 0 Å². The monoisotopic (exact) mass is 230 g/mol. The number of aryl methyl sites for hydroxylation is 1. The number of nitrogens with two attached hydrogens (primary N) is 1. The van der Waals surface area contributed by atoms with Gasteiger partial charge in [0, 0.05) is 31.0 Å². The summed E-state index contributed by atoms with van der Waals surface area (Å²) in [6.45, 7) is 1.98. The molecule has 2 unspecified atom stereocenters. The van der Waals surface area contributed by atoms with Crippen LogP contribution >= 0.6 is 0 Å². The number of nitrogens with zero attached hydrogens (tertiary/aromatic N) is 3. The number of hydrogen-bond acceptors (Lipinski definition) is 4. The average molecular weight is 230 g/mol. The molecule has 0 aliphatic heterocycles. The topological polar surface area (TPSA) is 55.0 Å². The fourth-order valence-electron chi connectivity index (χ4n) is 2.85. The number of hydrogen-bond donors (Lipinski definition) is 1. The van der Waals surface area contributed by atoms with Gasteiger partial charge in [0.15, 0.2) is 0 Å². The van der Waals surface area contributed by atoms with E-state index >= 15 is 0 Å². The summed E-state index contributed by atoms with van der Waals surface area (Å²) < 4.78 is 0. The maximum Gasteiger partial charge on any atom is 0.135 e. The van der Waals surface area contributed by atoms with Crippen LogP contribution in [0.1, 0.15) is 18.5 Å². The lowest BCUT2D eigenvalue weighted by Crippen LogP contribution is -2.56. The van der Waals surface area contributed by atoms with E-state index in [1.165, 1.54) is 18.4 Å². The lowest BCUT2D eigenvalue weighted by atomic mass is 9.54. The van der Waals surface area contributed by atoms with Gasteiger partial charge in [-0.3, -0.25) is 0 Å². The minimum absolute atomic E-state index is 0.277. The molecular formula is C13H18N4. The van der Waals surface area contributed by atoms with Crippen LogP contribution in [0, 0.1) is 18.8 Å². The molecule has 2 N–H and O–H groups in total. The Balaban J connectivity index is 1.79. The van der Waals surface area contributed by atoms with Gasteiger partial charge in [-0.2, -0.15) is 0 Å². The molecule has 3 atom stereocenters. The summed E-state index contributed by atoms with van der Waals surface area (Å²) in [5.74, 6) is 2.43. The minimum Gasteiger partial charge on any atom is -0.336 e. The predicted octanol–water partition coefficient (Wildman–Crippen LogP) is 1.47. The largest absolute Gasteiger partial charge is 0.336 e. The van der Waals surface area contributed by atoms with Crippen molar-refractivity contribution >= 4 is 5.82 Å². The highest BCUT2D eigenvalue weighted by Gasteiger charge is 2.49. The molecule has 90 valence electrons. The van der Waals surface area contributed by atoms with Gasteiger partial charge in [0.1, 0.15) is 12.1 Å². The molecule has 2 saturated carbocycles. The van der Waals surface area contributed by atoms with Crippen molar-refractivity contribution in [2.75, 3.05) is 11.9 Å². The van der Waals surface area contributed by atoms with Gasteiger partial charge in [-0.1, -0.05) is 0 Å². The zero-order chi connectivity index (χ0) is 12.0. The van der Waals surface area contributed by atoms with E-state index in [9.17, 15) is 0 Å². The van der Waals surface area contributed by atoms with Crippen molar-refractivity contribution in [3.63, 3.8) is 0 Å². The van der Waals surface area contributed by atoms with Gasteiger partial charge in [-0.15, -0.1) is 0 Å². The molecule has 1 heterocycles. The third-order valence-electron chi connectivity index (χ3n) is 4.10. The first-order chi connectivity index (χ1) is 8.16. The number of rotatable bonds is 2.